The Kier molecular flexibility index (Phi) is 4.07. The lowest BCUT2D eigenvalue weighted by atomic mass is 10.0. The molecule has 0 unspecified atom stereocenters. The van der Waals surface area contributed by atoms with Gasteiger partial charge in [-0.3, -0.25) is 10.6 Å². The Balaban J connectivity index is 3.01. The summed E-state index contributed by atoms with van der Waals surface area (Å²) in [5.74, 6) is 4.33. The third-order valence-electron chi connectivity index (χ3n) is 2.74. The number of anilines is 1. The summed E-state index contributed by atoms with van der Waals surface area (Å²) in [7, 11) is 0. The first kappa shape index (κ1) is 13.4. The Morgan fingerprint density at radius 3 is 2.65 bits per heavy atom. The molecule has 5 heteroatoms. The fourth-order valence-electron chi connectivity index (χ4n) is 1.32. The minimum absolute atomic E-state index is 0.0110. The molecule has 1 amide bonds. The van der Waals surface area contributed by atoms with E-state index in [0.717, 1.165) is 6.42 Å². The van der Waals surface area contributed by atoms with Crippen LogP contribution in [0.2, 0.25) is 0 Å². The van der Waals surface area contributed by atoms with Gasteiger partial charge in [0.2, 0.25) is 0 Å². The van der Waals surface area contributed by atoms with Gasteiger partial charge >= 0.3 is 0 Å². The van der Waals surface area contributed by atoms with E-state index in [2.05, 4.69) is 10.7 Å². The number of hydrogen-bond acceptors (Lipinski definition) is 3. The molecule has 0 heterocycles. The molecule has 0 saturated carbocycles. The van der Waals surface area contributed by atoms with Crippen molar-refractivity contribution in [3.63, 3.8) is 0 Å². The van der Waals surface area contributed by atoms with E-state index in [1.165, 1.54) is 18.2 Å². The van der Waals surface area contributed by atoms with Gasteiger partial charge in [0.05, 0.1) is 11.3 Å². The SMILES string of the molecule is CCC(C)(C)NC(=O)c1cccc(F)c1NN. The first-order chi connectivity index (χ1) is 7.91. The standard InChI is InChI=1S/C12H18FN3O/c1-4-12(2,3)15-11(17)8-6-5-7-9(13)10(8)16-14/h5-7,16H,4,14H2,1-3H3,(H,15,17). The van der Waals surface area contributed by atoms with Crippen LogP contribution in [0.4, 0.5) is 10.1 Å². The second-order valence-corrected chi connectivity index (χ2v) is 4.50. The van der Waals surface area contributed by atoms with Crippen LogP contribution < -0.4 is 16.6 Å². The van der Waals surface area contributed by atoms with E-state index >= 15 is 0 Å². The Morgan fingerprint density at radius 2 is 2.12 bits per heavy atom. The second kappa shape index (κ2) is 5.14. The van der Waals surface area contributed by atoms with Crippen molar-refractivity contribution in [1.82, 2.24) is 5.32 Å². The summed E-state index contributed by atoms with van der Waals surface area (Å²) >= 11 is 0. The van der Waals surface area contributed by atoms with Crippen LogP contribution >= 0.6 is 0 Å². The zero-order chi connectivity index (χ0) is 13.1. The van der Waals surface area contributed by atoms with Crippen LogP contribution in [0, 0.1) is 5.82 Å². The van der Waals surface area contributed by atoms with Gasteiger partial charge in [-0.15, -0.1) is 0 Å². The fraction of sp³-hybridized carbons (Fsp3) is 0.417. The van der Waals surface area contributed by atoms with E-state index in [1.807, 2.05) is 20.8 Å². The van der Waals surface area contributed by atoms with Crippen LogP contribution in [-0.4, -0.2) is 11.4 Å². The molecule has 94 valence electrons. The molecule has 1 rings (SSSR count). The number of nitrogens with one attached hydrogen (secondary N) is 2. The zero-order valence-electron chi connectivity index (χ0n) is 10.3. The molecule has 1 aromatic rings. The second-order valence-electron chi connectivity index (χ2n) is 4.50. The summed E-state index contributed by atoms with van der Waals surface area (Å²) in [6.07, 6.45) is 0.777. The lowest BCUT2D eigenvalue weighted by Gasteiger charge is -2.25. The normalized spacial score (nSPS) is 11.1. The number of para-hydroxylation sites is 1. The van der Waals surface area contributed by atoms with Crippen molar-refractivity contribution >= 4 is 11.6 Å². The van der Waals surface area contributed by atoms with E-state index in [-0.39, 0.29) is 22.7 Å². The van der Waals surface area contributed by atoms with Crippen molar-refractivity contribution in [2.45, 2.75) is 32.7 Å². The summed E-state index contributed by atoms with van der Waals surface area (Å²) in [5, 5.41) is 2.82. The zero-order valence-corrected chi connectivity index (χ0v) is 10.3. The quantitative estimate of drug-likeness (QED) is 0.556. The average Bonchev–Trinajstić information content (AvgIpc) is 2.28. The molecule has 0 aliphatic heterocycles. The van der Waals surface area contributed by atoms with Gasteiger partial charge in [0.15, 0.2) is 0 Å². The lowest BCUT2D eigenvalue weighted by Crippen LogP contribution is -2.43. The molecular formula is C12H18FN3O. The third-order valence-corrected chi connectivity index (χ3v) is 2.74. The van der Waals surface area contributed by atoms with Gasteiger partial charge in [-0.25, -0.2) is 4.39 Å². The van der Waals surface area contributed by atoms with Crippen LogP contribution in [0.15, 0.2) is 18.2 Å². The van der Waals surface area contributed by atoms with Crippen molar-refractivity contribution in [2.75, 3.05) is 5.43 Å². The number of nitrogen functional groups attached to an aromatic ring is 1. The van der Waals surface area contributed by atoms with E-state index in [1.54, 1.807) is 0 Å². The first-order valence-corrected chi connectivity index (χ1v) is 5.49. The predicted octanol–water partition coefficient (Wildman–Crippen LogP) is 2.03. The maximum absolute atomic E-state index is 13.4. The van der Waals surface area contributed by atoms with Crippen molar-refractivity contribution in [3.8, 4) is 0 Å². The molecule has 1 aromatic carbocycles. The highest BCUT2D eigenvalue weighted by Crippen LogP contribution is 2.19. The average molecular weight is 239 g/mol. The van der Waals surface area contributed by atoms with E-state index < -0.39 is 5.82 Å². The highest BCUT2D eigenvalue weighted by Gasteiger charge is 2.21. The number of halogens is 1. The van der Waals surface area contributed by atoms with Crippen LogP contribution in [-0.2, 0) is 0 Å². The highest BCUT2D eigenvalue weighted by molar-refractivity contribution is 6.00. The van der Waals surface area contributed by atoms with Gasteiger partial charge in [-0.05, 0) is 32.4 Å². The molecule has 4 N–H and O–H groups in total. The minimum atomic E-state index is -0.547. The number of hydrogen-bond donors (Lipinski definition) is 3. The number of nitrogens with two attached hydrogens (primary N) is 1. The Morgan fingerprint density at radius 1 is 1.47 bits per heavy atom. The van der Waals surface area contributed by atoms with Crippen molar-refractivity contribution in [1.29, 1.82) is 0 Å². The van der Waals surface area contributed by atoms with Gasteiger partial charge in [-0.1, -0.05) is 13.0 Å². The fourth-order valence-corrected chi connectivity index (χ4v) is 1.32. The molecule has 0 radical (unpaired) electrons. The molecular weight excluding hydrogens is 221 g/mol. The number of rotatable bonds is 4. The minimum Gasteiger partial charge on any atom is -0.347 e. The van der Waals surface area contributed by atoms with Gasteiger partial charge < -0.3 is 10.7 Å². The summed E-state index contributed by atoms with van der Waals surface area (Å²) in [6.45, 7) is 5.77. The molecule has 0 bridgehead atoms. The Bertz CT molecular complexity index is 418. The monoisotopic (exact) mass is 239 g/mol. The topological polar surface area (TPSA) is 67.2 Å². The van der Waals surface area contributed by atoms with Gasteiger partial charge in [0.1, 0.15) is 5.82 Å². The molecule has 0 saturated heterocycles. The number of benzene rings is 1. The molecule has 0 aromatic heterocycles. The molecule has 0 atom stereocenters. The highest BCUT2D eigenvalue weighted by atomic mass is 19.1. The van der Waals surface area contributed by atoms with Crippen LogP contribution in [0.5, 0.6) is 0 Å². The van der Waals surface area contributed by atoms with Crippen LogP contribution in [0.1, 0.15) is 37.6 Å². The van der Waals surface area contributed by atoms with Crippen LogP contribution in [0.25, 0.3) is 0 Å². The maximum atomic E-state index is 13.4. The lowest BCUT2D eigenvalue weighted by molar-refractivity contribution is 0.0911. The van der Waals surface area contributed by atoms with E-state index in [0.29, 0.717) is 0 Å². The summed E-state index contributed by atoms with van der Waals surface area (Å²) in [4.78, 5) is 12.0. The Hall–Kier alpha value is -1.62. The molecule has 0 fully saturated rings. The summed E-state index contributed by atoms with van der Waals surface area (Å²) < 4.78 is 13.4. The molecule has 0 aliphatic rings. The number of amides is 1. The van der Waals surface area contributed by atoms with Crippen molar-refractivity contribution in [2.24, 2.45) is 5.84 Å². The number of carbonyl (C=O) groups excluding carboxylic acids is 1. The van der Waals surface area contributed by atoms with Crippen molar-refractivity contribution < 1.29 is 9.18 Å². The van der Waals surface area contributed by atoms with E-state index in [9.17, 15) is 9.18 Å². The molecule has 0 aliphatic carbocycles. The largest absolute Gasteiger partial charge is 0.347 e. The molecule has 17 heavy (non-hydrogen) atoms. The van der Waals surface area contributed by atoms with Gasteiger partial charge in [0, 0.05) is 5.54 Å². The maximum Gasteiger partial charge on any atom is 0.253 e. The van der Waals surface area contributed by atoms with Gasteiger partial charge in [0.25, 0.3) is 5.91 Å². The summed E-state index contributed by atoms with van der Waals surface area (Å²) in [6, 6.07) is 4.25. The van der Waals surface area contributed by atoms with Crippen molar-refractivity contribution in [3.05, 3.63) is 29.6 Å². The van der Waals surface area contributed by atoms with Crippen LogP contribution in [0.3, 0.4) is 0 Å². The Labute approximate surface area is 100 Å². The molecule has 0 spiro atoms. The number of carbonyl (C=O) groups is 1. The predicted molar refractivity (Wildman–Crippen MR) is 66.0 cm³/mol. The smallest absolute Gasteiger partial charge is 0.253 e. The van der Waals surface area contributed by atoms with Gasteiger partial charge in [-0.2, -0.15) is 0 Å². The van der Waals surface area contributed by atoms with E-state index in [4.69, 9.17) is 5.84 Å². The first-order valence-electron chi connectivity index (χ1n) is 5.49. The number of hydrazine groups is 1. The molecule has 4 nitrogen and oxygen atoms in total. The third kappa shape index (κ3) is 3.17. The summed E-state index contributed by atoms with van der Waals surface area (Å²) in [5.41, 5.74) is 2.09.